The summed E-state index contributed by atoms with van der Waals surface area (Å²) < 4.78 is 8.93. The van der Waals surface area contributed by atoms with Gasteiger partial charge >= 0.3 is 5.97 Å². The molecule has 3 heterocycles. The van der Waals surface area contributed by atoms with Crippen LogP contribution < -0.4 is 0 Å². The standard InChI is InChI=1S/C15H21N5O2/c1-10-8-11(2)20(18-10)9-14-17-16-13-5-4-12(15(21)22-3)6-7-19(13)14/h8,12H,4-7,9H2,1-3H3. The minimum atomic E-state index is -0.126. The predicted octanol–water partition coefficient (Wildman–Crippen LogP) is 1.27. The van der Waals surface area contributed by atoms with Gasteiger partial charge in [0.15, 0.2) is 5.82 Å². The number of nitrogens with zero attached hydrogens (tertiary/aromatic N) is 5. The first-order valence-corrected chi connectivity index (χ1v) is 7.58. The van der Waals surface area contributed by atoms with E-state index >= 15 is 0 Å². The van der Waals surface area contributed by atoms with Gasteiger partial charge in [0, 0.05) is 18.7 Å². The molecule has 3 rings (SSSR count). The number of aromatic nitrogens is 5. The van der Waals surface area contributed by atoms with E-state index in [9.17, 15) is 4.79 Å². The monoisotopic (exact) mass is 303 g/mol. The number of fused-ring (bicyclic) bond motifs is 1. The first-order valence-electron chi connectivity index (χ1n) is 7.58. The predicted molar refractivity (Wildman–Crippen MR) is 79.3 cm³/mol. The van der Waals surface area contributed by atoms with E-state index in [2.05, 4.69) is 19.9 Å². The Morgan fingerprint density at radius 3 is 2.86 bits per heavy atom. The molecule has 7 nitrogen and oxygen atoms in total. The van der Waals surface area contributed by atoms with Crippen LogP contribution >= 0.6 is 0 Å². The van der Waals surface area contributed by atoms with E-state index in [1.54, 1.807) is 0 Å². The van der Waals surface area contributed by atoms with Gasteiger partial charge in [-0.25, -0.2) is 0 Å². The number of hydrogen-bond acceptors (Lipinski definition) is 5. The van der Waals surface area contributed by atoms with E-state index in [1.165, 1.54) is 7.11 Å². The van der Waals surface area contributed by atoms with Gasteiger partial charge in [-0.2, -0.15) is 5.10 Å². The lowest BCUT2D eigenvalue weighted by Crippen LogP contribution is -2.17. The van der Waals surface area contributed by atoms with Crippen molar-refractivity contribution in [2.75, 3.05) is 7.11 Å². The van der Waals surface area contributed by atoms with Gasteiger partial charge in [0.2, 0.25) is 0 Å². The van der Waals surface area contributed by atoms with Crippen LogP contribution in [0.25, 0.3) is 0 Å². The summed E-state index contributed by atoms with van der Waals surface area (Å²) in [7, 11) is 1.45. The minimum absolute atomic E-state index is 0.0479. The Balaban J connectivity index is 1.79. The highest BCUT2D eigenvalue weighted by Crippen LogP contribution is 2.21. The maximum atomic E-state index is 11.7. The summed E-state index contributed by atoms with van der Waals surface area (Å²) in [6.07, 6.45) is 2.29. The van der Waals surface area contributed by atoms with Crippen molar-refractivity contribution in [3.05, 3.63) is 29.1 Å². The van der Waals surface area contributed by atoms with Crippen molar-refractivity contribution in [3.8, 4) is 0 Å². The number of rotatable bonds is 3. The van der Waals surface area contributed by atoms with E-state index in [-0.39, 0.29) is 11.9 Å². The third-order valence-electron chi connectivity index (χ3n) is 4.25. The average molecular weight is 303 g/mol. The van der Waals surface area contributed by atoms with Crippen LogP contribution in [0, 0.1) is 19.8 Å². The first kappa shape index (κ1) is 14.7. The number of hydrogen-bond donors (Lipinski definition) is 0. The summed E-state index contributed by atoms with van der Waals surface area (Å²) in [5, 5.41) is 13.1. The van der Waals surface area contributed by atoms with Crippen LogP contribution in [0.1, 0.15) is 35.9 Å². The first-order chi connectivity index (χ1) is 10.6. The summed E-state index contributed by atoms with van der Waals surface area (Å²) >= 11 is 0. The molecule has 0 saturated heterocycles. The average Bonchev–Trinajstić information content (AvgIpc) is 2.94. The number of aryl methyl sites for hydroxylation is 3. The molecule has 0 aliphatic carbocycles. The van der Waals surface area contributed by atoms with Crippen molar-refractivity contribution in [3.63, 3.8) is 0 Å². The number of methoxy groups -OCH3 is 1. The second kappa shape index (κ2) is 5.90. The highest BCUT2D eigenvalue weighted by atomic mass is 16.5. The lowest BCUT2D eigenvalue weighted by molar-refractivity contribution is -0.145. The number of carbonyl (C=O) groups excluding carboxylic acids is 1. The molecule has 0 spiro atoms. The Morgan fingerprint density at radius 1 is 1.36 bits per heavy atom. The second-order valence-corrected chi connectivity index (χ2v) is 5.82. The normalized spacial score (nSPS) is 17.9. The molecule has 22 heavy (non-hydrogen) atoms. The van der Waals surface area contributed by atoms with Gasteiger partial charge in [0.05, 0.1) is 18.7 Å². The topological polar surface area (TPSA) is 74.8 Å². The number of carbonyl (C=O) groups is 1. The van der Waals surface area contributed by atoms with Crippen LogP contribution in [0.4, 0.5) is 0 Å². The molecule has 0 amide bonds. The molecule has 0 aromatic carbocycles. The van der Waals surface area contributed by atoms with Gasteiger partial charge in [-0.1, -0.05) is 0 Å². The van der Waals surface area contributed by atoms with Crippen LogP contribution in [-0.2, 0) is 29.0 Å². The highest BCUT2D eigenvalue weighted by Gasteiger charge is 2.25. The zero-order chi connectivity index (χ0) is 15.7. The van der Waals surface area contributed by atoms with Crippen molar-refractivity contribution >= 4 is 5.97 Å². The lowest BCUT2D eigenvalue weighted by atomic mass is 10.0. The molecule has 1 aliphatic rings. The van der Waals surface area contributed by atoms with Crippen molar-refractivity contribution in [1.29, 1.82) is 0 Å². The van der Waals surface area contributed by atoms with Gasteiger partial charge in [-0.3, -0.25) is 9.48 Å². The van der Waals surface area contributed by atoms with E-state index in [1.807, 2.05) is 24.6 Å². The van der Waals surface area contributed by atoms with Crippen LogP contribution in [0.5, 0.6) is 0 Å². The fourth-order valence-electron chi connectivity index (χ4n) is 3.04. The molecule has 118 valence electrons. The van der Waals surface area contributed by atoms with E-state index in [0.29, 0.717) is 6.54 Å². The molecule has 2 aromatic heterocycles. The van der Waals surface area contributed by atoms with Crippen LogP contribution in [-0.4, -0.2) is 37.6 Å². The van der Waals surface area contributed by atoms with Gasteiger partial charge in [-0.15, -0.1) is 10.2 Å². The molecule has 2 aromatic rings. The minimum Gasteiger partial charge on any atom is -0.469 e. The summed E-state index contributed by atoms with van der Waals surface area (Å²) in [4.78, 5) is 11.7. The molecule has 0 bridgehead atoms. The van der Waals surface area contributed by atoms with E-state index in [0.717, 1.165) is 48.8 Å². The van der Waals surface area contributed by atoms with Crippen LogP contribution in [0.2, 0.25) is 0 Å². The SMILES string of the molecule is COC(=O)C1CCc2nnc(Cn3nc(C)cc3C)n2CC1. The smallest absolute Gasteiger partial charge is 0.308 e. The molecule has 1 atom stereocenters. The van der Waals surface area contributed by atoms with Crippen molar-refractivity contribution in [1.82, 2.24) is 24.5 Å². The maximum Gasteiger partial charge on any atom is 0.308 e. The van der Waals surface area contributed by atoms with Crippen LogP contribution in [0.15, 0.2) is 6.07 Å². The quantitative estimate of drug-likeness (QED) is 0.798. The fraction of sp³-hybridized carbons (Fsp3) is 0.600. The van der Waals surface area contributed by atoms with Gasteiger partial charge in [-0.05, 0) is 32.8 Å². The van der Waals surface area contributed by atoms with E-state index in [4.69, 9.17) is 4.74 Å². The highest BCUT2D eigenvalue weighted by molar-refractivity contribution is 5.72. The third-order valence-corrected chi connectivity index (χ3v) is 4.25. The van der Waals surface area contributed by atoms with Crippen molar-refractivity contribution in [2.24, 2.45) is 5.92 Å². The molecule has 1 aliphatic heterocycles. The summed E-state index contributed by atoms with van der Waals surface area (Å²) in [5.74, 6) is 1.67. The largest absolute Gasteiger partial charge is 0.469 e. The lowest BCUT2D eigenvalue weighted by Gasteiger charge is -2.11. The Kier molecular flexibility index (Phi) is 3.96. The molecule has 1 unspecified atom stereocenters. The van der Waals surface area contributed by atoms with E-state index < -0.39 is 0 Å². The zero-order valence-electron chi connectivity index (χ0n) is 13.2. The Bertz CT molecular complexity index is 688. The Morgan fingerprint density at radius 2 is 2.18 bits per heavy atom. The Labute approximate surface area is 129 Å². The number of ether oxygens (including phenoxy) is 1. The maximum absolute atomic E-state index is 11.7. The summed E-state index contributed by atoms with van der Waals surface area (Å²) in [6, 6.07) is 2.05. The van der Waals surface area contributed by atoms with Crippen molar-refractivity contribution in [2.45, 2.75) is 46.2 Å². The van der Waals surface area contributed by atoms with Gasteiger partial charge in [0.25, 0.3) is 0 Å². The zero-order valence-corrected chi connectivity index (χ0v) is 13.2. The Hall–Kier alpha value is -2.18. The van der Waals surface area contributed by atoms with Crippen molar-refractivity contribution < 1.29 is 9.53 Å². The summed E-state index contributed by atoms with van der Waals surface area (Å²) in [5.41, 5.74) is 2.11. The molecule has 0 N–H and O–H groups in total. The molecule has 7 heteroatoms. The fourth-order valence-corrected chi connectivity index (χ4v) is 3.04. The summed E-state index contributed by atoms with van der Waals surface area (Å²) in [6.45, 7) is 5.37. The molecule has 0 radical (unpaired) electrons. The van der Waals surface area contributed by atoms with Gasteiger partial charge < -0.3 is 9.30 Å². The molecule has 0 fully saturated rings. The van der Waals surface area contributed by atoms with Crippen LogP contribution in [0.3, 0.4) is 0 Å². The van der Waals surface area contributed by atoms with Gasteiger partial charge in [0.1, 0.15) is 12.4 Å². The third kappa shape index (κ3) is 2.75. The number of esters is 1. The molecular formula is C15H21N5O2. The second-order valence-electron chi connectivity index (χ2n) is 5.82. The molecule has 0 saturated carbocycles. The molecular weight excluding hydrogens is 282 g/mol.